The molecule has 3 nitrogen and oxygen atoms in total. The van der Waals surface area contributed by atoms with Crippen LogP contribution in [0.2, 0.25) is 0 Å². The van der Waals surface area contributed by atoms with Gasteiger partial charge in [0.2, 0.25) is 0 Å². The van der Waals surface area contributed by atoms with E-state index in [-0.39, 0.29) is 17.2 Å². The Balaban J connectivity index is 1.89. The van der Waals surface area contributed by atoms with Crippen LogP contribution in [-0.2, 0) is 0 Å². The minimum absolute atomic E-state index is 0.218. The summed E-state index contributed by atoms with van der Waals surface area (Å²) in [5.74, 6) is -0.669. The van der Waals surface area contributed by atoms with Crippen molar-refractivity contribution < 1.29 is 8.78 Å². The van der Waals surface area contributed by atoms with Crippen LogP contribution >= 0.6 is 0 Å². The standard InChI is InChI=1S/C21H14F2N2O/c1-13-20-15(12-19(24-13)14-2-4-16(22)5-3-14)10-11-25(21(20)26)18-8-6-17(23)7-9-18/h2-12H,1H3. The van der Waals surface area contributed by atoms with Crippen LogP contribution in [0.25, 0.3) is 27.7 Å². The Bertz CT molecular complexity index is 1160. The smallest absolute Gasteiger partial charge is 0.264 e. The molecule has 4 aromatic rings. The van der Waals surface area contributed by atoms with Gasteiger partial charge >= 0.3 is 0 Å². The monoisotopic (exact) mass is 348 g/mol. The van der Waals surface area contributed by atoms with Crippen molar-refractivity contribution in [3.63, 3.8) is 0 Å². The maximum absolute atomic E-state index is 13.1. The second kappa shape index (κ2) is 6.19. The van der Waals surface area contributed by atoms with Crippen molar-refractivity contribution >= 4 is 10.8 Å². The first kappa shape index (κ1) is 16.1. The fourth-order valence-corrected chi connectivity index (χ4v) is 3.02. The average molecular weight is 348 g/mol. The highest BCUT2D eigenvalue weighted by atomic mass is 19.1. The molecule has 0 amide bonds. The first-order chi connectivity index (χ1) is 12.5. The van der Waals surface area contributed by atoms with Gasteiger partial charge in [-0.1, -0.05) is 0 Å². The third-order valence-electron chi connectivity index (χ3n) is 4.31. The lowest BCUT2D eigenvalue weighted by atomic mass is 10.1. The predicted octanol–water partition coefficient (Wildman–Crippen LogP) is 4.64. The van der Waals surface area contributed by atoms with Crippen molar-refractivity contribution in [2.24, 2.45) is 0 Å². The molecule has 0 aliphatic carbocycles. The Labute approximate surface area is 148 Å². The number of hydrogen-bond acceptors (Lipinski definition) is 2. The molecule has 0 aliphatic rings. The van der Waals surface area contributed by atoms with Crippen LogP contribution in [-0.4, -0.2) is 9.55 Å². The number of rotatable bonds is 2. The van der Waals surface area contributed by atoms with Crippen LogP contribution in [0.5, 0.6) is 0 Å². The molecule has 4 rings (SSSR count). The third-order valence-corrected chi connectivity index (χ3v) is 4.31. The molecule has 2 aromatic carbocycles. The summed E-state index contributed by atoms with van der Waals surface area (Å²) in [5, 5.41) is 1.25. The lowest BCUT2D eigenvalue weighted by Gasteiger charge is -2.10. The molecule has 0 unspecified atom stereocenters. The van der Waals surface area contributed by atoms with Gasteiger partial charge in [0.1, 0.15) is 11.6 Å². The summed E-state index contributed by atoms with van der Waals surface area (Å²) < 4.78 is 27.7. The number of nitrogens with zero attached hydrogens (tertiary/aromatic N) is 2. The van der Waals surface area contributed by atoms with Crippen LogP contribution in [0.3, 0.4) is 0 Å². The first-order valence-electron chi connectivity index (χ1n) is 8.08. The van der Waals surface area contributed by atoms with E-state index < -0.39 is 0 Å². The number of fused-ring (bicyclic) bond motifs is 1. The normalized spacial score (nSPS) is 11.0. The van der Waals surface area contributed by atoms with Crippen LogP contribution in [0.15, 0.2) is 71.7 Å². The zero-order valence-corrected chi connectivity index (χ0v) is 13.9. The van der Waals surface area contributed by atoms with E-state index in [1.165, 1.54) is 28.8 Å². The summed E-state index contributed by atoms with van der Waals surface area (Å²) in [7, 11) is 0. The van der Waals surface area contributed by atoms with Gasteiger partial charge < -0.3 is 0 Å². The van der Waals surface area contributed by atoms with E-state index in [4.69, 9.17) is 0 Å². The molecule has 128 valence electrons. The van der Waals surface area contributed by atoms with E-state index in [1.807, 2.05) is 12.1 Å². The van der Waals surface area contributed by atoms with Gasteiger partial charge in [0.25, 0.3) is 5.56 Å². The Hall–Kier alpha value is -3.34. The largest absolute Gasteiger partial charge is 0.284 e. The topological polar surface area (TPSA) is 34.9 Å². The molecule has 0 spiro atoms. The number of aryl methyl sites for hydroxylation is 1. The summed E-state index contributed by atoms with van der Waals surface area (Å²) in [6.07, 6.45) is 1.66. The molecule has 0 aliphatic heterocycles. The number of benzene rings is 2. The van der Waals surface area contributed by atoms with Crippen LogP contribution in [0.4, 0.5) is 8.78 Å². The van der Waals surface area contributed by atoms with E-state index >= 15 is 0 Å². The Kier molecular flexibility index (Phi) is 3.84. The quantitative estimate of drug-likeness (QED) is 0.529. The fraction of sp³-hybridized carbons (Fsp3) is 0.0476. The van der Waals surface area contributed by atoms with Gasteiger partial charge in [-0.3, -0.25) is 14.3 Å². The number of halogens is 2. The van der Waals surface area contributed by atoms with Gasteiger partial charge in [0, 0.05) is 17.4 Å². The summed E-state index contributed by atoms with van der Waals surface area (Å²) in [5.41, 5.74) is 2.40. The highest BCUT2D eigenvalue weighted by Gasteiger charge is 2.11. The molecule has 0 radical (unpaired) electrons. The zero-order chi connectivity index (χ0) is 18.3. The molecular formula is C21H14F2N2O. The Morgan fingerprint density at radius 1 is 0.885 bits per heavy atom. The van der Waals surface area contributed by atoms with Gasteiger partial charge in [0.15, 0.2) is 0 Å². The van der Waals surface area contributed by atoms with E-state index in [1.54, 1.807) is 37.4 Å². The van der Waals surface area contributed by atoms with Crippen molar-refractivity contribution in [2.45, 2.75) is 6.92 Å². The van der Waals surface area contributed by atoms with E-state index in [0.29, 0.717) is 22.5 Å². The number of pyridine rings is 2. The molecule has 0 N–H and O–H groups in total. The summed E-state index contributed by atoms with van der Waals surface area (Å²) >= 11 is 0. The van der Waals surface area contributed by atoms with Crippen molar-refractivity contribution in [1.82, 2.24) is 9.55 Å². The van der Waals surface area contributed by atoms with Crippen molar-refractivity contribution in [2.75, 3.05) is 0 Å². The molecular weight excluding hydrogens is 334 g/mol. The van der Waals surface area contributed by atoms with Gasteiger partial charge in [-0.2, -0.15) is 0 Å². The fourth-order valence-electron chi connectivity index (χ4n) is 3.02. The molecule has 0 bridgehead atoms. The Morgan fingerprint density at radius 2 is 1.50 bits per heavy atom. The molecule has 0 atom stereocenters. The van der Waals surface area contributed by atoms with E-state index in [2.05, 4.69) is 4.98 Å². The lowest BCUT2D eigenvalue weighted by molar-refractivity contribution is 0.627. The minimum Gasteiger partial charge on any atom is -0.284 e. The molecule has 0 saturated carbocycles. The molecule has 26 heavy (non-hydrogen) atoms. The van der Waals surface area contributed by atoms with Crippen LogP contribution < -0.4 is 5.56 Å². The number of aromatic nitrogens is 2. The van der Waals surface area contributed by atoms with Crippen LogP contribution in [0.1, 0.15) is 5.69 Å². The maximum Gasteiger partial charge on any atom is 0.264 e. The highest BCUT2D eigenvalue weighted by molar-refractivity contribution is 5.87. The van der Waals surface area contributed by atoms with Crippen molar-refractivity contribution in [1.29, 1.82) is 0 Å². The molecule has 2 heterocycles. The highest BCUT2D eigenvalue weighted by Crippen LogP contribution is 2.23. The van der Waals surface area contributed by atoms with Crippen LogP contribution in [0, 0.1) is 18.6 Å². The van der Waals surface area contributed by atoms with Gasteiger partial charge in [-0.25, -0.2) is 8.78 Å². The second-order valence-electron chi connectivity index (χ2n) is 6.03. The van der Waals surface area contributed by atoms with Crippen molar-refractivity contribution in [3.05, 3.63) is 94.5 Å². The number of hydrogen-bond donors (Lipinski definition) is 0. The van der Waals surface area contributed by atoms with Crippen molar-refractivity contribution in [3.8, 4) is 16.9 Å². The predicted molar refractivity (Wildman–Crippen MR) is 97.4 cm³/mol. The average Bonchev–Trinajstić information content (AvgIpc) is 2.63. The molecule has 0 saturated heterocycles. The third kappa shape index (κ3) is 2.77. The SMILES string of the molecule is Cc1nc(-c2ccc(F)cc2)cc2ccn(-c3ccc(F)cc3)c(=O)c12. The van der Waals surface area contributed by atoms with Gasteiger partial charge in [-0.15, -0.1) is 0 Å². The minimum atomic E-state index is -0.357. The molecule has 5 heteroatoms. The maximum atomic E-state index is 13.1. The van der Waals surface area contributed by atoms with E-state index in [9.17, 15) is 13.6 Å². The Morgan fingerprint density at radius 3 is 2.15 bits per heavy atom. The second-order valence-corrected chi connectivity index (χ2v) is 6.03. The summed E-state index contributed by atoms with van der Waals surface area (Å²) in [6.45, 7) is 1.77. The van der Waals surface area contributed by atoms with E-state index in [0.717, 1.165) is 10.9 Å². The summed E-state index contributed by atoms with van der Waals surface area (Å²) in [6, 6.07) is 15.4. The first-order valence-corrected chi connectivity index (χ1v) is 8.08. The van der Waals surface area contributed by atoms with Gasteiger partial charge in [0.05, 0.1) is 16.8 Å². The summed E-state index contributed by atoms with van der Waals surface area (Å²) in [4.78, 5) is 17.4. The van der Waals surface area contributed by atoms with Gasteiger partial charge in [-0.05, 0) is 73.0 Å². The molecule has 2 aromatic heterocycles. The molecule has 0 fully saturated rings. The zero-order valence-electron chi connectivity index (χ0n) is 13.9. The lowest BCUT2D eigenvalue weighted by Crippen LogP contribution is -2.18.